The fourth-order valence-electron chi connectivity index (χ4n) is 1.69. The fraction of sp³-hybridized carbons (Fsp3) is 0.900. The molecule has 0 saturated carbocycles. The molecule has 76 valence electrons. The summed E-state index contributed by atoms with van der Waals surface area (Å²) in [6, 6.07) is 0. The molecule has 0 spiro atoms. The zero-order valence-electron chi connectivity index (χ0n) is 8.58. The molecule has 1 atom stereocenters. The number of hydrogen-bond acceptors (Lipinski definition) is 3. The molecule has 1 heterocycles. The van der Waals surface area contributed by atoms with Crippen molar-refractivity contribution in [3.8, 4) is 0 Å². The molecule has 1 saturated heterocycles. The van der Waals surface area contributed by atoms with Crippen molar-refractivity contribution in [1.82, 2.24) is 4.90 Å². The first-order valence-corrected chi connectivity index (χ1v) is 5.08. The first kappa shape index (κ1) is 10.7. The summed E-state index contributed by atoms with van der Waals surface area (Å²) in [6.07, 6.45) is 1.73. The van der Waals surface area contributed by atoms with Crippen molar-refractivity contribution in [2.45, 2.75) is 32.8 Å². The molecular formula is C10H19NO2. The van der Waals surface area contributed by atoms with Crippen LogP contribution in [-0.2, 0) is 9.53 Å². The van der Waals surface area contributed by atoms with Crippen LogP contribution < -0.4 is 0 Å². The van der Waals surface area contributed by atoms with Gasteiger partial charge in [-0.25, -0.2) is 0 Å². The van der Waals surface area contributed by atoms with Crippen molar-refractivity contribution >= 4 is 5.78 Å². The van der Waals surface area contributed by atoms with Crippen LogP contribution >= 0.6 is 0 Å². The quantitative estimate of drug-likeness (QED) is 0.656. The number of likely N-dealkylation sites (tertiary alicyclic amines) is 1. The third kappa shape index (κ3) is 3.87. The van der Waals surface area contributed by atoms with Gasteiger partial charge in [-0.05, 0) is 13.8 Å². The third-order valence-electron chi connectivity index (χ3n) is 2.38. The van der Waals surface area contributed by atoms with Gasteiger partial charge in [-0.2, -0.15) is 0 Å². The summed E-state index contributed by atoms with van der Waals surface area (Å²) >= 11 is 0. The largest absolute Gasteiger partial charge is 0.377 e. The molecule has 1 aliphatic heterocycles. The Kier molecular flexibility index (Phi) is 4.39. The van der Waals surface area contributed by atoms with Crippen molar-refractivity contribution in [3.63, 3.8) is 0 Å². The molecule has 1 rings (SSSR count). The highest BCUT2D eigenvalue weighted by Gasteiger charge is 2.17. The Morgan fingerprint density at radius 1 is 1.46 bits per heavy atom. The predicted octanol–water partition coefficient (Wildman–Crippen LogP) is 1.08. The van der Waals surface area contributed by atoms with Gasteiger partial charge >= 0.3 is 0 Å². The molecule has 0 bridgehead atoms. The lowest BCUT2D eigenvalue weighted by Crippen LogP contribution is -2.38. The zero-order chi connectivity index (χ0) is 9.68. The van der Waals surface area contributed by atoms with Crippen LogP contribution in [0.5, 0.6) is 0 Å². The number of nitrogens with zero attached hydrogens (tertiary/aromatic N) is 1. The van der Waals surface area contributed by atoms with Crippen LogP contribution in [0, 0.1) is 0 Å². The van der Waals surface area contributed by atoms with Gasteiger partial charge in [-0.15, -0.1) is 0 Å². The molecule has 0 aliphatic carbocycles. The minimum absolute atomic E-state index is 0.290. The van der Waals surface area contributed by atoms with E-state index in [9.17, 15) is 4.79 Å². The van der Waals surface area contributed by atoms with E-state index in [1.165, 1.54) is 0 Å². The molecule has 13 heavy (non-hydrogen) atoms. The average molecular weight is 185 g/mol. The number of carbonyl (C=O) groups is 1. The molecule has 0 aromatic rings. The molecule has 1 fully saturated rings. The van der Waals surface area contributed by atoms with Crippen molar-refractivity contribution in [1.29, 1.82) is 0 Å². The predicted molar refractivity (Wildman–Crippen MR) is 51.8 cm³/mol. The molecule has 0 aromatic carbocycles. The monoisotopic (exact) mass is 185 g/mol. The standard InChI is InChI=1S/C10H19NO2/c1-3-13-9(2)8-11-6-4-10(12)5-7-11/h9H,3-8H2,1-2H3. The van der Waals surface area contributed by atoms with E-state index in [0.29, 0.717) is 11.9 Å². The Balaban J connectivity index is 2.18. The molecular weight excluding hydrogens is 166 g/mol. The topological polar surface area (TPSA) is 29.5 Å². The molecule has 0 amide bonds. The molecule has 3 nitrogen and oxygen atoms in total. The molecule has 1 aliphatic rings. The second-order valence-corrected chi connectivity index (χ2v) is 3.61. The maximum Gasteiger partial charge on any atom is 0.135 e. The van der Waals surface area contributed by atoms with Crippen LogP contribution in [0.25, 0.3) is 0 Å². The third-order valence-corrected chi connectivity index (χ3v) is 2.38. The maximum absolute atomic E-state index is 11.0. The lowest BCUT2D eigenvalue weighted by atomic mass is 10.1. The molecule has 1 unspecified atom stereocenters. The first-order valence-electron chi connectivity index (χ1n) is 5.08. The van der Waals surface area contributed by atoms with Gasteiger partial charge < -0.3 is 4.74 Å². The van der Waals surface area contributed by atoms with E-state index in [1.807, 2.05) is 6.92 Å². The van der Waals surface area contributed by atoms with Gasteiger partial charge in [0, 0.05) is 39.1 Å². The average Bonchev–Trinajstić information content (AvgIpc) is 2.09. The van der Waals surface area contributed by atoms with Gasteiger partial charge in [0.05, 0.1) is 6.10 Å². The molecule has 0 radical (unpaired) electrons. The van der Waals surface area contributed by atoms with Gasteiger partial charge in [-0.1, -0.05) is 0 Å². The Labute approximate surface area is 80.1 Å². The summed E-state index contributed by atoms with van der Waals surface area (Å²) in [4.78, 5) is 13.3. The number of ketones is 1. The Bertz CT molecular complexity index is 160. The highest BCUT2D eigenvalue weighted by molar-refractivity contribution is 5.79. The van der Waals surface area contributed by atoms with Crippen molar-refractivity contribution in [2.75, 3.05) is 26.2 Å². The van der Waals surface area contributed by atoms with Gasteiger partial charge in [0.2, 0.25) is 0 Å². The number of Topliss-reactive ketones (excluding diaryl/α,β-unsaturated/α-hetero) is 1. The number of hydrogen-bond donors (Lipinski definition) is 0. The van der Waals surface area contributed by atoms with Gasteiger partial charge in [0.25, 0.3) is 0 Å². The van der Waals surface area contributed by atoms with Crippen LogP contribution in [0.15, 0.2) is 0 Å². The summed E-state index contributed by atoms with van der Waals surface area (Å²) in [5, 5.41) is 0. The van der Waals surface area contributed by atoms with E-state index in [4.69, 9.17) is 4.74 Å². The number of carbonyl (C=O) groups excluding carboxylic acids is 1. The SMILES string of the molecule is CCOC(C)CN1CCC(=O)CC1. The van der Waals surface area contributed by atoms with E-state index in [2.05, 4.69) is 11.8 Å². The highest BCUT2D eigenvalue weighted by atomic mass is 16.5. The maximum atomic E-state index is 11.0. The fourth-order valence-corrected chi connectivity index (χ4v) is 1.69. The van der Waals surface area contributed by atoms with E-state index in [0.717, 1.165) is 39.1 Å². The summed E-state index contributed by atoms with van der Waals surface area (Å²) in [5.41, 5.74) is 0. The normalized spacial score (nSPS) is 21.8. The second-order valence-electron chi connectivity index (χ2n) is 3.61. The number of piperidine rings is 1. The summed E-state index contributed by atoms with van der Waals surface area (Å²) in [7, 11) is 0. The number of ether oxygens (including phenoxy) is 1. The Morgan fingerprint density at radius 2 is 2.08 bits per heavy atom. The van der Waals surface area contributed by atoms with Gasteiger partial charge in [-0.3, -0.25) is 9.69 Å². The van der Waals surface area contributed by atoms with Crippen LogP contribution in [0.4, 0.5) is 0 Å². The second kappa shape index (κ2) is 5.35. The minimum Gasteiger partial charge on any atom is -0.377 e. The van der Waals surface area contributed by atoms with E-state index < -0.39 is 0 Å². The number of rotatable bonds is 4. The summed E-state index contributed by atoms with van der Waals surface area (Å²) < 4.78 is 5.44. The Hall–Kier alpha value is -0.410. The highest BCUT2D eigenvalue weighted by Crippen LogP contribution is 2.06. The van der Waals surface area contributed by atoms with Crippen LogP contribution in [0.2, 0.25) is 0 Å². The Morgan fingerprint density at radius 3 is 2.62 bits per heavy atom. The van der Waals surface area contributed by atoms with Crippen LogP contribution in [-0.4, -0.2) is 43.0 Å². The van der Waals surface area contributed by atoms with Crippen molar-refractivity contribution in [2.24, 2.45) is 0 Å². The first-order chi connectivity index (χ1) is 6.22. The molecule has 3 heteroatoms. The van der Waals surface area contributed by atoms with E-state index >= 15 is 0 Å². The van der Waals surface area contributed by atoms with Crippen LogP contribution in [0.1, 0.15) is 26.7 Å². The smallest absolute Gasteiger partial charge is 0.135 e. The molecule has 0 aromatic heterocycles. The molecule has 0 N–H and O–H groups in total. The van der Waals surface area contributed by atoms with Crippen molar-refractivity contribution < 1.29 is 9.53 Å². The zero-order valence-corrected chi connectivity index (χ0v) is 8.58. The van der Waals surface area contributed by atoms with Crippen LogP contribution in [0.3, 0.4) is 0 Å². The van der Waals surface area contributed by atoms with E-state index in [1.54, 1.807) is 0 Å². The lowest BCUT2D eigenvalue weighted by molar-refractivity contribution is -0.121. The van der Waals surface area contributed by atoms with Crippen molar-refractivity contribution in [3.05, 3.63) is 0 Å². The summed E-state index contributed by atoms with van der Waals surface area (Å²) in [6.45, 7) is 7.65. The van der Waals surface area contributed by atoms with E-state index in [-0.39, 0.29) is 0 Å². The minimum atomic E-state index is 0.290. The lowest BCUT2D eigenvalue weighted by Gasteiger charge is -2.28. The summed E-state index contributed by atoms with van der Waals surface area (Å²) in [5.74, 6) is 0.403. The van der Waals surface area contributed by atoms with Gasteiger partial charge in [0.1, 0.15) is 5.78 Å². The van der Waals surface area contributed by atoms with Gasteiger partial charge in [0.15, 0.2) is 0 Å².